The van der Waals surface area contributed by atoms with Gasteiger partial charge in [0.05, 0.1) is 16.5 Å². The van der Waals surface area contributed by atoms with E-state index in [1.807, 2.05) is 75.4 Å². The SMILES string of the molecule is CC(C)(C)N=N[C@@H](c1ccc([N+](=O)[O-])cc1)[C@H](NC(=O)OC(C)(C)C)c1ccc(-c2ccccc2)cc1. The lowest BCUT2D eigenvalue weighted by Crippen LogP contribution is -2.37. The summed E-state index contributed by atoms with van der Waals surface area (Å²) in [5.74, 6) is 0. The number of non-ortho nitro benzene ring substituents is 1. The van der Waals surface area contributed by atoms with Crippen LogP contribution in [0.2, 0.25) is 0 Å². The summed E-state index contributed by atoms with van der Waals surface area (Å²) in [7, 11) is 0. The van der Waals surface area contributed by atoms with E-state index >= 15 is 0 Å². The minimum atomic E-state index is -0.693. The van der Waals surface area contributed by atoms with Crippen LogP contribution in [0.1, 0.15) is 64.8 Å². The number of amides is 1. The number of carbonyl (C=O) groups is 1. The first kappa shape index (κ1) is 27.5. The fraction of sp³-hybridized carbons (Fsp3) is 0.345. The average Bonchev–Trinajstić information content (AvgIpc) is 2.82. The molecule has 0 radical (unpaired) electrons. The van der Waals surface area contributed by atoms with Gasteiger partial charge in [0, 0.05) is 12.1 Å². The molecule has 0 saturated heterocycles. The molecule has 0 unspecified atom stereocenters. The quantitative estimate of drug-likeness (QED) is 0.202. The lowest BCUT2D eigenvalue weighted by atomic mass is 9.92. The highest BCUT2D eigenvalue weighted by Gasteiger charge is 2.30. The fourth-order valence-electron chi connectivity index (χ4n) is 3.65. The predicted octanol–water partition coefficient (Wildman–Crippen LogP) is 7.82. The van der Waals surface area contributed by atoms with E-state index in [0.29, 0.717) is 5.56 Å². The Morgan fingerprint density at radius 2 is 1.38 bits per heavy atom. The summed E-state index contributed by atoms with van der Waals surface area (Å²) in [5, 5.41) is 23.3. The second-order valence-corrected chi connectivity index (χ2v) is 10.8. The van der Waals surface area contributed by atoms with Gasteiger partial charge in [0.1, 0.15) is 11.6 Å². The van der Waals surface area contributed by atoms with E-state index in [9.17, 15) is 14.9 Å². The van der Waals surface area contributed by atoms with E-state index in [2.05, 4.69) is 15.5 Å². The van der Waals surface area contributed by atoms with Gasteiger partial charge in [-0.15, -0.1) is 0 Å². The zero-order valence-corrected chi connectivity index (χ0v) is 22.1. The number of nitro benzene ring substituents is 1. The number of rotatable bonds is 7. The Labute approximate surface area is 217 Å². The van der Waals surface area contributed by atoms with E-state index in [-0.39, 0.29) is 5.69 Å². The van der Waals surface area contributed by atoms with Crippen LogP contribution in [0, 0.1) is 10.1 Å². The van der Waals surface area contributed by atoms with Gasteiger partial charge in [0.15, 0.2) is 0 Å². The highest BCUT2D eigenvalue weighted by molar-refractivity contribution is 5.69. The molecule has 2 atom stereocenters. The molecule has 3 aromatic rings. The third kappa shape index (κ3) is 8.24. The van der Waals surface area contributed by atoms with Crippen molar-refractivity contribution >= 4 is 11.8 Å². The van der Waals surface area contributed by atoms with Gasteiger partial charge in [-0.05, 0) is 75.9 Å². The van der Waals surface area contributed by atoms with Crippen LogP contribution in [-0.4, -0.2) is 22.2 Å². The molecule has 3 rings (SSSR count). The van der Waals surface area contributed by atoms with Gasteiger partial charge in [-0.3, -0.25) is 10.1 Å². The van der Waals surface area contributed by atoms with Gasteiger partial charge in [0.25, 0.3) is 5.69 Å². The number of benzene rings is 3. The number of alkyl carbamates (subject to hydrolysis) is 1. The summed E-state index contributed by atoms with van der Waals surface area (Å²) in [4.78, 5) is 23.7. The van der Waals surface area contributed by atoms with Crippen molar-refractivity contribution in [2.24, 2.45) is 10.2 Å². The van der Waals surface area contributed by atoms with Crippen molar-refractivity contribution < 1.29 is 14.5 Å². The summed E-state index contributed by atoms with van der Waals surface area (Å²) >= 11 is 0. The molecule has 0 fully saturated rings. The van der Waals surface area contributed by atoms with Crippen LogP contribution in [0.4, 0.5) is 10.5 Å². The van der Waals surface area contributed by atoms with Crippen LogP contribution in [0.5, 0.6) is 0 Å². The number of hydrogen-bond acceptors (Lipinski definition) is 6. The summed E-state index contributed by atoms with van der Waals surface area (Å²) in [6, 6.07) is 22.7. The van der Waals surface area contributed by atoms with Crippen molar-refractivity contribution in [2.75, 3.05) is 0 Å². The molecule has 8 nitrogen and oxygen atoms in total. The smallest absolute Gasteiger partial charge is 0.408 e. The van der Waals surface area contributed by atoms with Crippen LogP contribution in [0.25, 0.3) is 11.1 Å². The van der Waals surface area contributed by atoms with Crippen LogP contribution in [-0.2, 0) is 4.74 Å². The maximum Gasteiger partial charge on any atom is 0.408 e. The van der Waals surface area contributed by atoms with Gasteiger partial charge in [-0.25, -0.2) is 4.79 Å². The number of nitro groups is 1. The van der Waals surface area contributed by atoms with Crippen molar-refractivity contribution in [1.82, 2.24) is 5.32 Å². The Morgan fingerprint density at radius 1 is 0.838 bits per heavy atom. The topological polar surface area (TPSA) is 106 Å². The average molecular weight is 503 g/mol. The molecule has 37 heavy (non-hydrogen) atoms. The second kappa shape index (κ2) is 11.3. The van der Waals surface area contributed by atoms with Crippen LogP contribution < -0.4 is 5.32 Å². The number of azo groups is 1. The molecule has 0 aromatic heterocycles. The monoisotopic (exact) mass is 502 g/mol. The third-order valence-corrected chi connectivity index (χ3v) is 5.29. The van der Waals surface area contributed by atoms with E-state index in [4.69, 9.17) is 4.74 Å². The summed E-state index contributed by atoms with van der Waals surface area (Å²) < 4.78 is 5.55. The first-order chi connectivity index (χ1) is 17.3. The molecule has 0 aliphatic heterocycles. The second-order valence-electron chi connectivity index (χ2n) is 10.8. The van der Waals surface area contributed by atoms with Crippen molar-refractivity contribution in [3.63, 3.8) is 0 Å². The zero-order valence-electron chi connectivity index (χ0n) is 22.1. The molecular weight excluding hydrogens is 468 g/mol. The highest BCUT2D eigenvalue weighted by Crippen LogP contribution is 2.35. The minimum Gasteiger partial charge on any atom is -0.444 e. The van der Waals surface area contributed by atoms with Crippen LogP contribution >= 0.6 is 0 Å². The molecule has 0 heterocycles. The van der Waals surface area contributed by atoms with E-state index in [1.54, 1.807) is 32.9 Å². The van der Waals surface area contributed by atoms with Gasteiger partial charge in [-0.1, -0.05) is 54.6 Å². The first-order valence-electron chi connectivity index (χ1n) is 12.1. The van der Waals surface area contributed by atoms with E-state index in [0.717, 1.165) is 16.7 Å². The molecule has 1 amide bonds. The normalized spacial score (nSPS) is 13.7. The molecule has 3 aromatic carbocycles. The summed E-state index contributed by atoms with van der Waals surface area (Å²) in [6.45, 7) is 11.2. The van der Waals surface area contributed by atoms with Crippen molar-refractivity contribution in [3.05, 3.63) is 100 Å². The zero-order chi connectivity index (χ0) is 27.2. The lowest BCUT2D eigenvalue weighted by molar-refractivity contribution is -0.384. The van der Waals surface area contributed by atoms with Crippen molar-refractivity contribution in [2.45, 2.75) is 64.8 Å². The first-order valence-corrected chi connectivity index (χ1v) is 12.1. The van der Waals surface area contributed by atoms with Crippen LogP contribution in [0.15, 0.2) is 89.1 Å². The number of hydrogen-bond donors (Lipinski definition) is 1. The summed E-state index contributed by atoms with van der Waals surface area (Å²) in [6.07, 6.45) is -0.595. The number of nitrogens with zero attached hydrogens (tertiary/aromatic N) is 3. The molecule has 0 aliphatic rings. The maximum absolute atomic E-state index is 12.9. The highest BCUT2D eigenvalue weighted by atomic mass is 16.6. The van der Waals surface area contributed by atoms with Gasteiger partial charge in [-0.2, -0.15) is 10.2 Å². The number of ether oxygens (including phenoxy) is 1. The van der Waals surface area contributed by atoms with Crippen molar-refractivity contribution in [3.8, 4) is 11.1 Å². The Balaban J connectivity index is 2.08. The molecule has 8 heteroatoms. The van der Waals surface area contributed by atoms with Gasteiger partial charge < -0.3 is 10.1 Å². The molecule has 1 N–H and O–H groups in total. The Hall–Kier alpha value is -4.07. The minimum absolute atomic E-state index is 0.0286. The standard InChI is InChI=1S/C29H34N4O4/c1-28(2,3)32-31-26(23-16-18-24(19-17-23)33(35)36)25(30-27(34)37-29(4,5)6)22-14-12-21(13-15-22)20-10-8-7-9-11-20/h7-19,25-26H,1-6H3,(H,30,34)/t25-,26+/m1/s1. The Morgan fingerprint density at radius 3 is 1.89 bits per heavy atom. The predicted molar refractivity (Wildman–Crippen MR) is 144 cm³/mol. The van der Waals surface area contributed by atoms with E-state index < -0.39 is 34.2 Å². The summed E-state index contributed by atoms with van der Waals surface area (Å²) in [5.41, 5.74) is 2.38. The van der Waals surface area contributed by atoms with E-state index in [1.165, 1.54) is 12.1 Å². The van der Waals surface area contributed by atoms with Gasteiger partial charge in [0.2, 0.25) is 0 Å². The molecule has 0 spiro atoms. The number of carbonyl (C=O) groups excluding carboxylic acids is 1. The molecule has 194 valence electrons. The molecular formula is C29H34N4O4. The lowest BCUT2D eigenvalue weighted by Gasteiger charge is -2.28. The largest absolute Gasteiger partial charge is 0.444 e. The molecule has 0 aliphatic carbocycles. The Kier molecular flexibility index (Phi) is 8.42. The number of nitrogens with one attached hydrogen (secondary N) is 1. The Bertz CT molecular complexity index is 1230. The maximum atomic E-state index is 12.9. The van der Waals surface area contributed by atoms with Crippen molar-refractivity contribution in [1.29, 1.82) is 0 Å². The molecule has 0 bridgehead atoms. The van der Waals surface area contributed by atoms with Gasteiger partial charge >= 0.3 is 6.09 Å². The fourth-order valence-corrected chi connectivity index (χ4v) is 3.65. The molecule has 0 saturated carbocycles. The van der Waals surface area contributed by atoms with Crippen LogP contribution in [0.3, 0.4) is 0 Å². The third-order valence-electron chi connectivity index (χ3n) is 5.29.